The third-order valence-electron chi connectivity index (χ3n) is 5.37. The van der Waals surface area contributed by atoms with Crippen molar-refractivity contribution < 1.29 is 18.0 Å². The van der Waals surface area contributed by atoms with Gasteiger partial charge in [0.1, 0.15) is 0 Å². The lowest BCUT2D eigenvalue weighted by molar-refractivity contribution is -0.130. The van der Waals surface area contributed by atoms with E-state index in [-0.39, 0.29) is 23.3 Å². The fourth-order valence-corrected chi connectivity index (χ4v) is 4.78. The second kappa shape index (κ2) is 6.35. The number of hydrogen-bond donors (Lipinski definition) is 0. The summed E-state index contributed by atoms with van der Waals surface area (Å²) in [6.45, 7) is 4.77. The summed E-state index contributed by atoms with van der Waals surface area (Å²) in [6.07, 6.45) is 1.92. The Hall–Kier alpha value is -1.93. The molecule has 1 fully saturated rings. The van der Waals surface area contributed by atoms with Gasteiger partial charge in [0.2, 0.25) is 21.8 Å². The van der Waals surface area contributed by atoms with Crippen molar-refractivity contribution in [1.29, 1.82) is 0 Å². The first-order valence-electron chi connectivity index (χ1n) is 8.73. The van der Waals surface area contributed by atoms with Gasteiger partial charge >= 0.3 is 0 Å². The van der Waals surface area contributed by atoms with Crippen LogP contribution >= 0.6 is 0 Å². The van der Waals surface area contributed by atoms with E-state index in [0.717, 1.165) is 22.8 Å². The highest BCUT2D eigenvalue weighted by molar-refractivity contribution is 7.89. The molecule has 0 radical (unpaired) electrons. The van der Waals surface area contributed by atoms with Crippen molar-refractivity contribution in [2.75, 3.05) is 38.6 Å². The molecule has 0 N–H and O–H groups in total. The van der Waals surface area contributed by atoms with Crippen molar-refractivity contribution in [3.63, 3.8) is 0 Å². The van der Waals surface area contributed by atoms with Gasteiger partial charge in [0.25, 0.3) is 0 Å². The van der Waals surface area contributed by atoms with Gasteiger partial charge in [0, 0.05) is 32.9 Å². The van der Waals surface area contributed by atoms with Crippen LogP contribution in [0, 0.1) is 0 Å². The lowest BCUT2D eigenvalue weighted by Crippen LogP contribution is -2.39. The molecule has 7 nitrogen and oxygen atoms in total. The number of carbonyl (C=O) groups excluding carboxylic acids is 2. The summed E-state index contributed by atoms with van der Waals surface area (Å²) in [5.41, 5.74) is 0.625. The summed E-state index contributed by atoms with van der Waals surface area (Å²) in [5.74, 6) is -0.246. The topological polar surface area (TPSA) is 78.0 Å². The number of benzene rings is 1. The largest absolute Gasteiger partial charge is 0.342 e. The van der Waals surface area contributed by atoms with E-state index in [9.17, 15) is 18.0 Å². The van der Waals surface area contributed by atoms with E-state index in [2.05, 4.69) is 0 Å². The van der Waals surface area contributed by atoms with Crippen LogP contribution in [0.2, 0.25) is 0 Å². The molecule has 0 atom stereocenters. The van der Waals surface area contributed by atoms with E-state index in [1.165, 1.54) is 13.1 Å². The van der Waals surface area contributed by atoms with Crippen LogP contribution in [0.4, 0.5) is 5.69 Å². The van der Waals surface area contributed by atoms with Crippen molar-refractivity contribution in [2.24, 2.45) is 0 Å². The van der Waals surface area contributed by atoms with E-state index in [4.69, 9.17) is 0 Å². The summed E-state index contributed by atoms with van der Waals surface area (Å²) in [6, 6.07) is 4.71. The summed E-state index contributed by atoms with van der Waals surface area (Å²) in [7, 11) is -0.713. The van der Waals surface area contributed by atoms with Crippen LogP contribution in [-0.2, 0) is 25.0 Å². The van der Waals surface area contributed by atoms with Crippen LogP contribution in [0.25, 0.3) is 0 Å². The summed E-state index contributed by atoms with van der Waals surface area (Å²) < 4.78 is 26.9. The van der Waals surface area contributed by atoms with Crippen molar-refractivity contribution in [1.82, 2.24) is 9.21 Å². The summed E-state index contributed by atoms with van der Waals surface area (Å²) >= 11 is 0. The summed E-state index contributed by atoms with van der Waals surface area (Å²) in [4.78, 5) is 28.0. The molecule has 2 amide bonds. The smallest absolute Gasteiger partial charge is 0.243 e. The van der Waals surface area contributed by atoms with Crippen LogP contribution in [-0.4, -0.2) is 63.2 Å². The Morgan fingerprint density at radius 1 is 1.23 bits per heavy atom. The Bertz CT molecular complexity index is 857. The minimum atomic E-state index is -3.81. The normalized spacial score (nSPS) is 19.3. The third-order valence-corrected chi connectivity index (χ3v) is 7.17. The average molecular weight is 379 g/mol. The molecular formula is C18H25N3O4S. The number of likely N-dealkylation sites (N-methyl/N-ethyl adjacent to an activating group) is 2. The first-order chi connectivity index (χ1) is 12.1. The third kappa shape index (κ3) is 2.91. The number of nitrogens with zero attached hydrogens (tertiary/aromatic N) is 3. The number of anilines is 1. The molecule has 2 aliphatic rings. The molecule has 1 aromatic rings. The molecule has 8 heteroatoms. The van der Waals surface area contributed by atoms with Gasteiger partial charge < -0.3 is 9.80 Å². The Kier molecular flexibility index (Phi) is 4.60. The lowest BCUT2D eigenvalue weighted by atomic mass is 9.86. The van der Waals surface area contributed by atoms with Crippen LogP contribution in [0.1, 0.15) is 32.3 Å². The molecule has 142 valence electrons. The zero-order valence-electron chi connectivity index (χ0n) is 15.7. The van der Waals surface area contributed by atoms with Crippen LogP contribution in [0.15, 0.2) is 23.1 Å². The van der Waals surface area contributed by atoms with Crippen molar-refractivity contribution in [3.8, 4) is 0 Å². The highest BCUT2D eigenvalue weighted by Crippen LogP contribution is 2.41. The maximum absolute atomic E-state index is 12.9. The Morgan fingerprint density at radius 3 is 2.46 bits per heavy atom. The van der Waals surface area contributed by atoms with Gasteiger partial charge in [-0.3, -0.25) is 9.59 Å². The molecule has 1 saturated heterocycles. The van der Waals surface area contributed by atoms with Gasteiger partial charge in [-0.2, -0.15) is 4.31 Å². The van der Waals surface area contributed by atoms with Gasteiger partial charge in [0.15, 0.2) is 0 Å². The molecule has 0 unspecified atom stereocenters. The number of sulfonamides is 1. The molecular weight excluding hydrogens is 354 g/mol. The van der Waals surface area contributed by atoms with Crippen LogP contribution in [0.3, 0.4) is 0 Å². The Morgan fingerprint density at radius 2 is 1.85 bits per heavy atom. The van der Waals surface area contributed by atoms with Gasteiger partial charge in [-0.15, -0.1) is 0 Å². The lowest BCUT2D eigenvalue weighted by Gasteiger charge is -2.22. The molecule has 0 aliphatic carbocycles. The summed E-state index contributed by atoms with van der Waals surface area (Å²) in [5, 5.41) is 0. The fourth-order valence-electron chi connectivity index (χ4n) is 3.63. The van der Waals surface area contributed by atoms with Crippen molar-refractivity contribution in [3.05, 3.63) is 23.8 Å². The zero-order valence-corrected chi connectivity index (χ0v) is 16.5. The molecule has 0 bridgehead atoms. The van der Waals surface area contributed by atoms with E-state index in [0.29, 0.717) is 18.7 Å². The second-order valence-corrected chi connectivity index (χ2v) is 9.56. The fraction of sp³-hybridized carbons (Fsp3) is 0.556. The molecule has 3 rings (SSSR count). The molecule has 0 spiro atoms. The number of hydrogen-bond acceptors (Lipinski definition) is 4. The van der Waals surface area contributed by atoms with E-state index in [1.807, 2.05) is 0 Å². The Balaban J connectivity index is 1.87. The van der Waals surface area contributed by atoms with Gasteiger partial charge in [-0.05, 0) is 50.5 Å². The molecule has 2 heterocycles. The van der Waals surface area contributed by atoms with E-state index < -0.39 is 15.4 Å². The Labute approximate surface area is 154 Å². The molecule has 0 aromatic heterocycles. The van der Waals surface area contributed by atoms with Gasteiger partial charge in [-0.1, -0.05) is 0 Å². The first kappa shape index (κ1) is 18.8. The van der Waals surface area contributed by atoms with Crippen molar-refractivity contribution >= 4 is 27.5 Å². The zero-order chi connectivity index (χ0) is 19.3. The highest BCUT2D eigenvalue weighted by Gasteiger charge is 2.43. The number of amides is 2. The SMILES string of the molecule is CN1C(=O)C(C)(C)c2cc(S(=O)(=O)N(C)CC(=O)N3CCCC3)ccc21. The van der Waals surface area contributed by atoms with Crippen LogP contribution in [0.5, 0.6) is 0 Å². The predicted molar refractivity (Wildman–Crippen MR) is 98.5 cm³/mol. The minimum absolute atomic E-state index is 0.0698. The quantitative estimate of drug-likeness (QED) is 0.787. The number of carbonyl (C=O) groups is 2. The second-order valence-electron chi connectivity index (χ2n) is 7.52. The van der Waals surface area contributed by atoms with E-state index >= 15 is 0 Å². The monoisotopic (exact) mass is 379 g/mol. The standard InChI is InChI=1S/C18H25N3O4S/c1-18(2)14-11-13(7-8-15(14)20(4)17(18)23)26(24,25)19(3)12-16(22)21-9-5-6-10-21/h7-8,11H,5-6,9-10,12H2,1-4H3. The van der Waals surface area contributed by atoms with Crippen LogP contribution < -0.4 is 4.90 Å². The maximum atomic E-state index is 12.9. The molecule has 0 saturated carbocycles. The maximum Gasteiger partial charge on any atom is 0.243 e. The number of fused-ring (bicyclic) bond motifs is 1. The van der Waals surface area contributed by atoms with Gasteiger partial charge in [-0.25, -0.2) is 8.42 Å². The van der Waals surface area contributed by atoms with Crippen molar-refractivity contribution in [2.45, 2.75) is 37.0 Å². The molecule has 26 heavy (non-hydrogen) atoms. The number of likely N-dealkylation sites (tertiary alicyclic amines) is 1. The first-order valence-corrected chi connectivity index (χ1v) is 10.2. The average Bonchev–Trinajstić information content (AvgIpc) is 3.18. The molecule has 2 aliphatic heterocycles. The molecule has 1 aromatic carbocycles. The van der Waals surface area contributed by atoms with Gasteiger partial charge in [0.05, 0.1) is 16.9 Å². The number of rotatable bonds is 4. The highest BCUT2D eigenvalue weighted by atomic mass is 32.2. The van der Waals surface area contributed by atoms with E-state index in [1.54, 1.807) is 42.8 Å². The predicted octanol–water partition coefficient (Wildman–Crippen LogP) is 1.18. The minimum Gasteiger partial charge on any atom is -0.342 e.